The molecule has 2 heteroatoms. The second-order valence-corrected chi connectivity index (χ2v) is 5.30. The summed E-state index contributed by atoms with van der Waals surface area (Å²) in [6.07, 6.45) is 0. The van der Waals surface area contributed by atoms with Gasteiger partial charge in [-0.1, -0.05) is 45.9 Å². The summed E-state index contributed by atoms with van der Waals surface area (Å²) in [5.41, 5.74) is 2.24. The average Bonchev–Trinajstić information content (AvgIpc) is 2.27. The molecule has 1 aromatic carbocycles. The van der Waals surface area contributed by atoms with Crippen LogP contribution in [0.2, 0.25) is 0 Å². The summed E-state index contributed by atoms with van der Waals surface area (Å²) in [6.45, 7) is 11.1. The highest BCUT2D eigenvalue weighted by Crippen LogP contribution is 2.36. The van der Waals surface area contributed by atoms with Crippen LogP contribution in [0.25, 0.3) is 0 Å². The summed E-state index contributed by atoms with van der Waals surface area (Å²) in [6, 6.07) is 6.13. The van der Waals surface area contributed by atoms with Crippen molar-refractivity contribution in [3.63, 3.8) is 0 Å². The molecule has 0 unspecified atom stereocenters. The molecule has 2 nitrogen and oxygen atoms in total. The molecule has 1 aromatic rings. The van der Waals surface area contributed by atoms with Crippen molar-refractivity contribution in [2.24, 2.45) is 0 Å². The maximum absolute atomic E-state index is 9.28. The van der Waals surface area contributed by atoms with Crippen LogP contribution >= 0.6 is 0 Å². The van der Waals surface area contributed by atoms with Gasteiger partial charge in [0.05, 0.1) is 13.2 Å². The topological polar surface area (TPSA) is 29.5 Å². The molecule has 0 amide bonds. The van der Waals surface area contributed by atoms with Crippen LogP contribution in [-0.4, -0.2) is 18.3 Å². The predicted octanol–water partition coefficient (Wildman–Crippen LogP) is 3.32. The van der Waals surface area contributed by atoms with E-state index in [2.05, 4.69) is 26.8 Å². The van der Waals surface area contributed by atoms with Crippen LogP contribution < -0.4 is 4.74 Å². The normalized spacial score (nSPS) is 11.9. The highest BCUT2D eigenvalue weighted by molar-refractivity contribution is 5.51. The Labute approximate surface area is 105 Å². The van der Waals surface area contributed by atoms with E-state index in [4.69, 9.17) is 4.74 Å². The first-order valence-corrected chi connectivity index (χ1v) is 6.11. The molecule has 0 heterocycles. The van der Waals surface area contributed by atoms with Crippen molar-refractivity contribution in [1.82, 2.24) is 0 Å². The van der Waals surface area contributed by atoms with Gasteiger partial charge in [-0.3, -0.25) is 0 Å². The van der Waals surface area contributed by atoms with Gasteiger partial charge in [-0.2, -0.15) is 0 Å². The fraction of sp³-hybridized carbons (Fsp3) is 0.533. The quantitative estimate of drug-likeness (QED) is 0.867. The van der Waals surface area contributed by atoms with Crippen LogP contribution in [0.3, 0.4) is 0 Å². The molecule has 1 N–H and O–H groups in total. The zero-order valence-corrected chi connectivity index (χ0v) is 11.5. The standard InChI is InChI=1S/C15H23O2/c1-6-17-14-12(11(2)10-16)8-7-9-13(14)15(3,4)5/h7-9,16H,6,10H2,1-5H3. The summed E-state index contributed by atoms with van der Waals surface area (Å²) in [5, 5.41) is 9.28. The Hall–Kier alpha value is -1.02. The SMILES string of the molecule is CCOc1c([C](C)CO)cccc1C(C)(C)C. The van der Waals surface area contributed by atoms with E-state index in [1.165, 1.54) is 5.56 Å². The third kappa shape index (κ3) is 3.22. The third-order valence-electron chi connectivity index (χ3n) is 2.81. The van der Waals surface area contributed by atoms with Gasteiger partial charge in [0.2, 0.25) is 0 Å². The Kier molecular flexibility index (Phi) is 4.58. The summed E-state index contributed by atoms with van der Waals surface area (Å²) < 4.78 is 5.79. The summed E-state index contributed by atoms with van der Waals surface area (Å²) >= 11 is 0. The Morgan fingerprint density at radius 3 is 2.41 bits per heavy atom. The van der Waals surface area contributed by atoms with Crippen molar-refractivity contribution >= 4 is 0 Å². The lowest BCUT2D eigenvalue weighted by Crippen LogP contribution is -2.16. The highest BCUT2D eigenvalue weighted by atomic mass is 16.5. The number of hydrogen-bond acceptors (Lipinski definition) is 2. The molecule has 0 fully saturated rings. The smallest absolute Gasteiger partial charge is 0.126 e. The zero-order chi connectivity index (χ0) is 13.1. The molecule has 0 saturated carbocycles. The van der Waals surface area contributed by atoms with Gasteiger partial charge in [-0.05, 0) is 17.9 Å². The van der Waals surface area contributed by atoms with E-state index >= 15 is 0 Å². The number of rotatable bonds is 4. The van der Waals surface area contributed by atoms with E-state index in [1.807, 2.05) is 26.0 Å². The van der Waals surface area contributed by atoms with E-state index in [-0.39, 0.29) is 12.0 Å². The molecule has 0 aromatic heterocycles. The molecule has 1 radical (unpaired) electrons. The summed E-state index contributed by atoms with van der Waals surface area (Å²) in [5.74, 6) is 1.86. The Balaban J connectivity index is 3.31. The monoisotopic (exact) mass is 235 g/mol. The first kappa shape index (κ1) is 14.0. The maximum Gasteiger partial charge on any atom is 0.126 e. The highest BCUT2D eigenvalue weighted by Gasteiger charge is 2.23. The lowest BCUT2D eigenvalue weighted by atomic mass is 9.83. The largest absolute Gasteiger partial charge is 0.493 e. The lowest BCUT2D eigenvalue weighted by Gasteiger charge is -2.25. The Morgan fingerprint density at radius 2 is 1.94 bits per heavy atom. The van der Waals surface area contributed by atoms with Crippen LogP contribution in [0.1, 0.15) is 45.7 Å². The number of aliphatic hydroxyl groups is 1. The average molecular weight is 235 g/mol. The minimum absolute atomic E-state index is 0.0379. The molecule has 0 saturated heterocycles. The van der Waals surface area contributed by atoms with Crippen molar-refractivity contribution in [3.8, 4) is 5.75 Å². The van der Waals surface area contributed by atoms with E-state index in [0.717, 1.165) is 17.2 Å². The summed E-state index contributed by atoms with van der Waals surface area (Å²) in [7, 11) is 0. The first-order valence-electron chi connectivity index (χ1n) is 6.11. The van der Waals surface area contributed by atoms with Crippen molar-refractivity contribution < 1.29 is 9.84 Å². The van der Waals surface area contributed by atoms with Crippen LogP contribution in [-0.2, 0) is 5.41 Å². The van der Waals surface area contributed by atoms with Gasteiger partial charge in [0, 0.05) is 11.5 Å². The van der Waals surface area contributed by atoms with E-state index < -0.39 is 0 Å². The molecule has 0 aliphatic heterocycles. The number of benzene rings is 1. The predicted molar refractivity (Wildman–Crippen MR) is 71.4 cm³/mol. The molecule has 0 aliphatic rings. The molecule has 0 spiro atoms. The number of aliphatic hydroxyl groups excluding tert-OH is 1. The van der Waals surface area contributed by atoms with Crippen molar-refractivity contribution in [3.05, 3.63) is 35.2 Å². The van der Waals surface area contributed by atoms with Crippen LogP contribution in [0, 0.1) is 5.92 Å². The second kappa shape index (κ2) is 5.54. The van der Waals surface area contributed by atoms with Gasteiger partial charge in [-0.25, -0.2) is 0 Å². The van der Waals surface area contributed by atoms with Gasteiger partial charge in [-0.15, -0.1) is 0 Å². The third-order valence-corrected chi connectivity index (χ3v) is 2.81. The molecule has 0 atom stereocenters. The Bertz CT molecular complexity index is 364. The molecule has 95 valence electrons. The fourth-order valence-corrected chi connectivity index (χ4v) is 1.85. The molecule has 1 rings (SSSR count). The van der Waals surface area contributed by atoms with Crippen molar-refractivity contribution in [2.45, 2.75) is 40.0 Å². The number of ether oxygens (including phenoxy) is 1. The lowest BCUT2D eigenvalue weighted by molar-refractivity contribution is 0.304. The first-order chi connectivity index (χ1) is 7.91. The van der Waals surface area contributed by atoms with Crippen LogP contribution in [0.5, 0.6) is 5.75 Å². The number of para-hydroxylation sites is 1. The molecule has 0 aliphatic carbocycles. The Morgan fingerprint density at radius 1 is 1.29 bits per heavy atom. The fourth-order valence-electron chi connectivity index (χ4n) is 1.85. The van der Waals surface area contributed by atoms with E-state index in [9.17, 15) is 5.11 Å². The molecule has 17 heavy (non-hydrogen) atoms. The maximum atomic E-state index is 9.28. The van der Waals surface area contributed by atoms with Crippen LogP contribution in [0.15, 0.2) is 18.2 Å². The van der Waals surface area contributed by atoms with E-state index in [0.29, 0.717) is 6.61 Å². The van der Waals surface area contributed by atoms with Crippen molar-refractivity contribution in [1.29, 1.82) is 0 Å². The van der Waals surface area contributed by atoms with Crippen molar-refractivity contribution in [2.75, 3.05) is 13.2 Å². The number of hydrogen-bond donors (Lipinski definition) is 1. The van der Waals surface area contributed by atoms with Gasteiger partial charge in [0.1, 0.15) is 5.75 Å². The van der Waals surface area contributed by atoms with E-state index in [1.54, 1.807) is 0 Å². The summed E-state index contributed by atoms with van der Waals surface area (Å²) in [4.78, 5) is 0. The van der Waals surface area contributed by atoms with Gasteiger partial charge in [0.15, 0.2) is 0 Å². The zero-order valence-electron chi connectivity index (χ0n) is 11.5. The second-order valence-electron chi connectivity index (χ2n) is 5.30. The van der Waals surface area contributed by atoms with Crippen LogP contribution in [0.4, 0.5) is 0 Å². The molecular formula is C15H23O2. The minimum atomic E-state index is 0.0379. The molecule has 0 bridgehead atoms. The van der Waals surface area contributed by atoms with Gasteiger partial charge < -0.3 is 9.84 Å². The minimum Gasteiger partial charge on any atom is -0.493 e. The van der Waals surface area contributed by atoms with Gasteiger partial charge in [0.25, 0.3) is 0 Å². The van der Waals surface area contributed by atoms with Gasteiger partial charge >= 0.3 is 0 Å². The molecular weight excluding hydrogens is 212 g/mol.